The number of anilines is 2. The highest BCUT2D eigenvalue weighted by atomic mass is 32.2. The van der Waals surface area contributed by atoms with Crippen molar-refractivity contribution in [3.05, 3.63) is 58.9 Å². The van der Waals surface area contributed by atoms with Crippen molar-refractivity contribution >= 4 is 28.5 Å². The van der Waals surface area contributed by atoms with Gasteiger partial charge in [0, 0.05) is 43.6 Å². The van der Waals surface area contributed by atoms with Crippen molar-refractivity contribution < 1.29 is 31.1 Å². The molecule has 0 aliphatic carbocycles. The Morgan fingerprint density at radius 2 is 1.83 bits per heavy atom. The van der Waals surface area contributed by atoms with Crippen molar-refractivity contribution in [2.75, 3.05) is 29.3 Å². The van der Waals surface area contributed by atoms with Crippen molar-refractivity contribution in [2.24, 2.45) is 5.41 Å². The molecular formula is C25H30F4N3O3S-. The van der Waals surface area contributed by atoms with E-state index in [0.29, 0.717) is 29.9 Å². The van der Waals surface area contributed by atoms with Crippen LogP contribution in [0.4, 0.5) is 28.9 Å². The molecule has 1 N–H and O–H groups in total. The first-order valence-electron chi connectivity index (χ1n) is 11.5. The van der Waals surface area contributed by atoms with Crippen molar-refractivity contribution in [1.82, 2.24) is 5.32 Å². The molecule has 3 rings (SSSR count). The van der Waals surface area contributed by atoms with Gasteiger partial charge in [-0.25, -0.2) is 4.39 Å². The molecule has 198 valence electrons. The molecule has 2 aromatic rings. The van der Waals surface area contributed by atoms with Crippen LogP contribution in [0.15, 0.2) is 36.4 Å². The maximum Gasteiger partial charge on any atom is 0.416 e. The molecule has 2 aromatic carbocycles. The highest BCUT2D eigenvalue weighted by Crippen LogP contribution is 2.37. The summed E-state index contributed by atoms with van der Waals surface area (Å²) in [6, 6.07) is 7.36. The number of amides is 1. The predicted molar refractivity (Wildman–Crippen MR) is 131 cm³/mol. The molecule has 2 atom stereocenters. The molecule has 0 aromatic heterocycles. The molecule has 11 heteroatoms. The van der Waals surface area contributed by atoms with Crippen LogP contribution in [0.3, 0.4) is 0 Å². The van der Waals surface area contributed by atoms with Gasteiger partial charge in [0.05, 0.1) is 17.2 Å². The van der Waals surface area contributed by atoms with Gasteiger partial charge in [0.2, 0.25) is 5.91 Å². The summed E-state index contributed by atoms with van der Waals surface area (Å²) in [5, 5.41) is 2.75. The Balaban J connectivity index is 1.77. The minimum absolute atomic E-state index is 0.00893. The van der Waals surface area contributed by atoms with Gasteiger partial charge in [0.1, 0.15) is 5.82 Å². The van der Waals surface area contributed by atoms with Gasteiger partial charge < -0.3 is 19.1 Å². The molecule has 1 fully saturated rings. The van der Waals surface area contributed by atoms with Crippen LogP contribution in [0.25, 0.3) is 0 Å². The molecule has 0 saturated carbocycles. The van der Waals surface area contributed by atoms with Crippen LogP contribution in [0, 0.1) is 11.2 Å². The molecule has 1 heterocycles. The molecular weight excluding hydrogens is 498 g/mol. The summed E-state index contributed by atoms with van der Waals surface area (Å²) in [6.45, 7) is 7.06. The second kappa shape index (κ2) is 10.8. The highest BCUT2D eigenvalue weighted by molar-refractivity contribution is 7.80. The maximum absolute atomic E-state index is 14.4. The molecule has 0 radical (unpaired) electrons. The van der Waals surface area contributed by atoms with E-state index < -0.39 is 40.6 Å². The summed E-state index contributed by atoms with van der Waals surface area (Å²) in [5.74, 6) is -2.00. The third kappa shape index (κ3) is 6.56. The first-order valence-corrected chi connectivity index (χ1v) is 12.6. The fourth-order valence-corrected chi connectivity index (χ4v) is 4.46. The molecule has 36 heavy (non-hydrogen) atoms. The number of hydrogen-bond donors (Lipinski definition) is 1. The lowest BCUT2D eigenvalue weighted by Gasteiger charge is -2.39. The quantitative estimate of drug-likeness (QED) is 0.400. The molecule has 0 spiro atoms. The van der Waals surface area contributed by atoms with Gasteiger partial charge in [-0.2, -0.15) is 13.2 Å². The third-order valence-electron chi connectivity index (χ3n) is 6.75. The number of nitrogens with zero attached hydrogens (tertiary/aromatic N) is 2. The lowest BCUT2D eigenvalue weighted by molar-refractivity contribution is -0.137. The zero-order valence-electron chi connectivity index (χ0n) is 20.6. The van der Waals surface area contributed by atoms with Crippen molar-refractivity contribution in [2.45, 2.75) is 52.3 Å². The van der Waals surface area contributed by atoms with Gasteiger partial charge in [-0.05, 0) is 60.6 Å². The summed E-state index contributed by atoms with van der Waals surface area (Å²) >= 11 is -2.65. The number of carbonyl (C=O) groups excluding carboxylic acids is 1. The van der Waals surface area contributed by atoms with E-state index in [1.165, 1.54) is 25.2 Å². The summed E-state index contributed by atoms with van der Waals surface area (Å²) in [7, 11) is 1.20. The number of piperidine rings is 1. The minimum atomic E-state index is -4.48. The van der Waals surface area contributed by atoms with E-state index in [4.69, 9.17) is 0 Å². The summed E-state index contributed by atoms with van der Waals surface area (Å²) < 4.78 is 77.5. The smallest absolute Gasteiger partial charge is 0.416 e. The average Bonchev–Trinajstić information content (AvgIpc) is 2.80. The summed E-state index contributed by atoms with van der Waals surface area (Å²) in [6.07, 6.45) is -2.81. The molecule has 6 nitrogen and oxygen atoms in total. The molecule has 1 amide bonds. The zero-order valence-corrected chi connectivity index (χ0v) is 21.4. The third-order valence-corrected chi connectivity index (χ3v) is 7.40. The monoisotopic (exact) mass is 528 g/mol. The van der Waals surface area contributed by atoms with Gasteiger partial charge in [-0.3, -0.25) is 9.00 Å². The highest BCUT2D eigenvalue weighted by Gasteiger charge is 2.33. The molecule has 0 bridgehead atoms. The Bertz CT molecular complexity index is 1130. The van der Waals surface area contributed by atoms with Crippen LogP contribution in [-0.2, 0) is 28.8 Å². The van der Waals surface area contributed by atoms with E-state index >= 15 is 0 Å². The second-order valence-electron chi connectivity index (χ2n) is 9.86. The Kier molecular flexibility index (Phi) is 8.34. The van der Waals surface area contributed by atoms with E-state index in [0.717, 1.165) is 35.3 Å². The predicted octanol–water partition coefficient (Wildman–Crippen LogP) is 5.12. The summed E-state index contributed by atoms with van der Waals surface area (Å²) in [4.78, 5) is 14.7. The van der Waals surface area contributed by atoms with Crippen LogP contribution >= 0.6 is 0 Å². The van der Waals surface area contributed by atoms with Crippen molar-refractivity contribution in [1.29, 1.82) is 0 Å². The van der Waals surface area contributed by atoms with Crippen molar-refractivity contribution in [3.8, 4) is 0 Å². The minimum Gasteiger partial charge on any atom is -0.755 e. The Morgan fingerprint density at radius 1 is 1.19 bits per heavy atom. The van der Waals surface area contributed by atoms with Gasteiger partial charge in [-0.1, -0.05) is 26.0 Å². The second-order valence-corrected chi connectivity index (χ2v) is 10.8. The van der Waals surface area contributed by atoms with Crippen LogP contribution in [0.5, 0.6) is 0 Å². The average molecular weight is 529 g/mol. The first-order chi connectivity index (χ1) is 16.7. The number of rotatable bonds is 7. The number of benzene rings is 2. The molecule has 1 saturated heterocycles. The standard InChI is InChI=1S/C25H31F4N3O3S/c1-16(17-6-8-21(20(26)13-17)31(4)36(34)35)23(33)30-15-18-5-7-19(25(27,28)29)14-22(18)32-11-9-24(2,3)10-12-32/h5-8,13-14,16H,9-12,15H2,1-4H3,(H,30,33)(H,34,35)/p-1. The normalized spacial score (nSPS) is 17.4. The van der Waals surface area contributed by atoms with E-state index in [9.17, 15) is 31.1 Å². The topological polar surface area (TPSA) is 75.7 Å². The number of nitrogens with one attached hydrogen (secondary N) is 1. The van der Waals surface area contributed by atoms with E-state index in [-0.39, 0.29) is 17.6 Å². The number of carbonyl (C=O) groups is 1. The van der Waals surface area contributed by atoms with E-state index in [1.807, 2.05) is 4.90 Å². The SMILES string of the molecule is CC(C(=O)NCc1ccc(C(F)(F)F)cc1N1CCC(C)(C)CC1)c1ccc(N(C)S(=O)[O-])c(F)c1. The first kappa shape index (κ1) is 27.9. The number of hydrogen-bond acceptors (Lipinski definition) is 4. The van der Waals surface area contributed by atoms with Gasteiger partial charge in [-0.15, -0.1) is 0 Å². The molecule has 1 aliphatic rings. The van der Waals surface area contributed by atoms with Gasteiger partial charge >= 0.3 is 6.18 Å². The van der Waals surface area contributed by atoms with Gasteiger partial charge in [0.15, 0.2) is 0 Å². The van der Waals surface area contributed by atoms with Crippen molar-refractivity contribution in [3.63, 3.8) is 0 Å². The Hall–Kier alpha value is -2.66. The number of alkyl halides is 3. The van der Waals surface area contributed by atoms with E-state index in [2.05, 4.69) is 19.2 Å². The van der Waals surface area contributed by atoms with Crippen LogP contribution in [0.2, 0.25) is 0 Å². The van der Waals surface area contributed by atoms with E-state index in [1.54, 1.807) is 6.92 Å². The maximum atomic E-state index is 14.4. The Labute approximate surface area is 211 Å². The van der Waals surface area contributed by atoms with Crippen LogP contribution < -0.4 is 14.5 Å². The number of halogens is 4. The van der Waals surface area contributed by atoms with Crippen LogP contribution in [-0.4, -0.2) is 34.8 Å². The lowest BCUT2D eigenvalue weighted by atomic mass is 9.82. The molecule has 1 aliphatic heterocycles. The largest absolute Gasteiger partial charge is 0.755 e. The lowest BCUT2D eigenvalue weighted by Crippen LogP contribution is -2.38. The van der Waals surface area contributed by atoms with Crippen LogP contribution in [0.1, 0.15) is 56.2 Å². The summed E-state index contributed by atoms with van der Waals surface area (Å²) in [5.41, 5.74) is 0.556. The van der Waals surface area contributed by atoms with Gasteiger partial charge in [0.25, 0.3) is 0 Å². The fourth-order valence-electron chi connectivity index (χ4n) is 4.15. The molecule has 2 unspecified atom stereocenters. The fraction of sp³-hybridized carbons (Fsp3) is 0.480. The Morgan fingerprint density at radius 3 is 2.39 bits per heavy atom. The zero-order chi connectivity index (χ0) is 26.8.